The Hall–Kier alpha value is -0.795. The molecule has 0 amide bonds. The van der Waals surface area contributed by atoms with Gasteiger partial charge in [-0.15, -0.1) is 0 Å². The van der Waals surface area contributed by atoms with E-state index in [1.165, 1.54) is 23.0 Å². The van der Waals surface area contributed by atoms with E-state index in [1.807, 2.05) is 0 Å². The molecule has 1 aromatic carbocycles. The summed E-state index contributed by atoms with van der Waals surface area (Å²) in [5.74, 6) is 0. The molecule has 0 unspecified atom stereocenters. The van der Waals surface area contributed by atoms with Gasteiger partial charge >= 0.3 is 7.12 Å². The molecule has 1 heterocycles. The monoisotopic (exact) mass is 272 g/mol. The third-order valence-electron chi connectivity index (χ3n) is 5.39. The van der Waals surface area contributed by atoms with Crippen molar-refractivity contribution in [3.63, 3.8) is 0 Å². The maximum absolute atomic E-state index is 6.25. The van der Waals surface area contributed by atoms with Crippen LogP contribution in [0.4, 0.5) is 0 Å². The lowest BCUT2D eigenvalue weighted by molar-refractivity contribution is 0.00578. The minimum absolute atomic E-state index is 0.218. The quantitative estimate of drug-likeness (QED) is 0.731. The highest BCUT2D eigenvalue weighted by Crippen LogP contribution is 2.40. The average molecular weight is 272 g/mol. The van der Waals surface area contributed by atoms with Crippen molar-refractivity contribution in [1.29, 1.82) is 0 Å². The van der Waals surface area contributed by atoms with Gasteiger partial charge in [0, 0.05) is 0 Å². The molecule has 1 saturated heterocycles. The molecular weight excluding hydrogens is 247 g/mol. The molecule has 0 aromatic heterocycles. The number of fused-ring (bicyclic) bond motifs is 1. The van der Waals surface area contributed by atoms with Crippen LogP contribution in [-0.2, 0) is 21.1 Å². The summed E-state index contributed by atoms with van der Waals surface area (Å²) in [5, 5.41) is 0. The summed E-state index contributed by atoms with van der Waals surface area (Å²) in [6.45, 7) is 13.1. The summed E-state index contributed by atoms with van der Waals surface area (Å²) in [6, 6.07) is 6.56. The van der Waals surface area contributed by atoms with E-state index in [0.29, 0.717) is 0 Å². The molecule has 1 aromatic rings. The maximum atomic E-state index is 6.25. The van der Waals surface area contributed by atoms with Gasteiger partial charge in [0.05, 0.1) is 11.2 Å². The largest absolute Gasteiger partial charge is 0.495 e. The van der Waals surface area contributed by atoms with Gasteiger partial charge in [0.2, 0.25) is 0 Å². The van der Waals surface area contributed by atoms with E-state index in [4.69, 9.17) is 9.31 Å². The first-order valence-electron chi connectivity index (χ1n) is 7.62. The van der Waals surface area contributed by atoms with E-state index in [0.717, 1.165) is 6.42 Å². The van der Waals surface area contributed by atoms with Crippen molar-refractivity contribution < 1.29 is 9.31 Å². The van der Waals surface area contributed by atoms with Crippen molar-refractivity contribution in [1.82, 2.24) is 0 Å². The van der Waals surface area contributed by atoms with E-state index in [9.17, 15) is 0 Å². The minimum atomic E-state index is -0.275. The zero-order valence-electron chi connectivity index (χ0n) is 13.5. The first-order valence-corrected chi connectivity index (χ1v) is 7.62. The fourth-order valence-corrected chi connectivity index (χ4v) is 3.39. The van der Waals surface area contributed by atoms with Gasteiger partial charge in [-0.25, -0.2) is 0 Å². The van der Waals surface area contributed by atoms with Gasteiger partial charge in [-0.3, -0.25) is 0 Å². The molecule has 108 valence electrons. The zero-order valence-corrected chi connectivity index (χ0v) is 13.5. The lowest BCUT2D eigenvalue weighted by Crippen LogP contribution is -2.41. The summed E-state index contributed by atoms with van der Waals surface area (Å²) in [6.07, 6.45) is 2.37. The predicted octanol–water partition coefficient (Wildman–Crippen LogP) is 3.21. The van der Waals surface area contributed by atoms with Crippen molar-refractivity contribution in [3.05, 3.63) is 29.3 Å². The highest BCUT2D eigenvalue weighted by atomic mass is 16.7. The predicted molar refractivity (Wildman–Crippen MR) is 83.5 cm³/mol. The normalized spacial score (nSPS) is 25.8. The Morgan fingerprint density at radius 2 is 1.55 bits per heavy atom. The van der Waals surface area contributed by atoms with E-state index in [-0.39, 0.29) is 23.7 Å². The molecule has 1 fully saturated rings. The van der Waals surface area contributed by atoms with Crippen LogP contribution in [0, 0.1) is 0 Å². The SMILES string of the molecule is CC1(C)CCc2cccc(B3OC(C)(C)C(C)(C)O3)c21. The van der Waals surface area contributed by atoms with Crippen LogP contribution in [-0.4, -0.2) is 18.3 Å². The van der Waals surface area contributed by atoms with Gasteiger partial charge in [-0.2, -0.15) is 0 Å². The smallest absolute Gasteiger partial charge is 0.399 e. The molecule has 1 aliphatic carbocycles. The van der Waals surface area contributed by atoms with Crippen LogP contribution >= 0.6 is 0 Å². The molecule has 2 nitrogen and oxygen atoms in total. The molecule has 0 bridgehead atoms. The van der Waals surface area contributed by atoms with Gasteiger partial charge < -0.3 is 9.31 Å². The molecule has 1 aliphatic heterocycles. The number of hydrogen-bond donors (Lipinski definition) is 0. The van der Waals surface area contributed by atoms with Crippen molar-refractivity contribution in [2.24, 2.45) is 0 Å². The molecule has 3 rings (SSSR count). The lowest BCUT2D eigenvalue weighted by Gasteiger charge is -2.32. The van der Waals surface area contributed by atoms with Gasteiger partial charge in [0.15, 0.2) is 0 Å². The molecule has 0 atom stereocenters. The fourth-order valence-electron chi connectivity index (χ4n) is 3.39. The van der Waals surface area contributed by atoms with Crippen LogP contribution < -0.4 is 5.46 Å². The topological polar surface area (TPSA) is 18.5 Å². The molecular formula is C17H25BO2. The Bertz CT molecular complexity index is 530. The number of rotatable bonds is 1. The Kier molecular flexibility index (Phi) is 2.91. The van der Waals surface area contributed by atoms with Crippen molar-refractivity contribution >= 4 is 12.6 Å². The first-order chi connectivity index (χ1) is 9.14. The van der Waals surface area contributed by atoms with Crippen molar-refractivity contribution in [2.45, 2.75) is 71.0 Å². The number of aryl methyl sites for hydroxylation is 1. The first kappa shape index (κ1) is 14.2. The summed E-state index contributed by atoms with van der Waals surface area (Å²) in [5.41, 5.74) is 3.80. The van der Waals surface area contributed by atoms with Crippen molar-refractivity contribution in [3.8, 4) is 0 Å². The van der Waals surface area contributed by atoms with Crippen LogP contribution in [0.3, 0.4) is 0 Å². The summed E-state index contributed by atoms with van der Waals surface area (Å²) >= 11 is 0. The van der Waals surface area contributed by atoms with Crippen LogP contribution in [0.15, 0.2) is 18.2 Å². The summed E-state index contributed by atoms with van der Waals surface area (Å²) < 4.78 is 12.5. The minimum Gasteiger partial charge on any atom is -0.399 e. The second kappa shape index (κ2) is 4.11. The number of benzene rings is 1. The standard InChI is InChI=1S/C17H25BO2/c1-15(2)11-10-12-8-7-9-13(14(12)15)18-19-16(3,4)17(5,6)20-18/h7-9H,10-11H2,1-6H3. The van der Waals surface area contributed by atoms with Gasteiger partial charge in [-0.05, 0) is 62.5 Å². The Morgan fingerprint density at radius 1 is 0.950 bits per heavy atom. The summed E-state index contributed by atoms with van der Waals surface area (Å²) in [7, 11) is -0.243. The van der Waals surface area contributed by atoms with Crippen LogP contribution in [0.25, 0.3) is 0 Å². The van der Waals surface area contributed by atoms with E-state index < -0.39 is 0 Å². The third kappa shape index (κ3) is 1.94. The second-order valence-electron chi connectivity index (χ2n) is 7.85. The van der Waals surface area contributed by atoms with Crippen LogP contribution in [0.5, 0.6) is 0 Å². The number of hydrogen-bond acceptors (Lipinski definition) is 2. The van der Waals surface area contributed by atoms with E-state index in [1.54, 1.807) is 0 Å². The molecule has 0 spiro atoms. The lowest BCUT2D eigenvalue weighted by atomic mass is 9.70. The molecule has 0 N–H and O–H groups in total. The molecule has 20 heavy (non-hydrogen) atoms. The van der Waals surface area contributed by atoms with Gasteiger partial charge in [-0.1, -0.05) is 32.0 Å². The van der Waals surface area contributed by atoms with Crippen LogP contribution in [0.1, 0.15) is 59.1 Å². The fraction of sp³-hybridized carbons (Fsp3) is 0.647. The Labute approximate surface area is 123 Å². The van der Waals surface area contributed by atoms with E-state index in [2.05, 4.69) is 59.7 Å². The Morgan fingerprint density at radius 3 is 2.15 bits per heavy atom. The Balaban J connectivity index is 2.04. The summed E-state index contributed by atoms with van der Waals surface area (Å²) in [4.78, 5) is 0. The molecule has 3 heteroatoms. The van der Waals surface area contributed by atoms with Crippen LogP contribution in [0.2, 0.25) is 0 Å². The molecule has 0 saturated carbocycles. The second-order valence-corrected chi connectivity index (χ2v) is 7.85. The maximum Gasteiger partial charge on any atom is 0.495 e. The average Bonchev–Trinajstić information content (AvgIpc) is 2.74. The van der Waals surface area contributed by atoms with Gasteiger partial charge in [0.1, 0.15) is 0 Å². The third-order valence-corrected chi connectivity index (χ3v) is 5.39. The highest BCUT2D eigenvalue weighted by Gasteiger charge is 2.53. The van der Waals surface area contributed by atoms with Crippen molar-refractivity contribution in [2.75, 3.05) is 0 Å². The van der Waals surface area contributed by atoms with Gasteiger partial charge in [0.25, 0.3) is 0 Å². The highest BCUT2D eigenvalue weighted by molar-refractivity contribution is 6.62. The molecule has 2 aliphatic rings. The molecule has 0 radical (unpaired) electrons. The zero-order chi connectivity index (χ0) is 14.8. The van der Waals surface area contributed by atoms with E-state index >= 15 is 0 Å².